The van der Waals surface area contributed by atoms with Gasteiger partial charge in [0.05, 0.1) is 6.54 Å². The van der Waals surface area contributed by atoms with Crippen molar-refractivity contribution in [2.75, 3.05) is 6.54 Å². The van der Waals surface area contributed by atoms with Crippen LogP contribution in [0.2, 0.25) is 104 Å². The van der Waals surface area contributed by atoms with Crippen LogP contribution in [0, 0.1) is 0 Å². The molecular weight excluding hydrogens is 503 g/mol. The molecule has 0 atom stereocenters. The van der Waals surface area contributed by atoms with Gasteiger partial charge in [-0.25, -0.2) is 9.79 Å². The van der Waals surface area contributed by atoms with Crippen molar-refractivity contribution in [2.45, 2.75) is 111 Å². The highest BCUT2D eigenvalue weighted by atomic mass is 29.9. The second kappa shape index (κ2) is 10.6. The van der Waals surface area contributed by atoms with Gasteiger partial charge in [-0.05, 0) is 105 Å². The Labute approximate surface area is 199 Å². The zero-order chi connectivity index (χ0) is 25.2. The molecule has 0 saturated heterocycles. The van der Waals surface area contributed by atoms with E-state index in [-0.39, 0.29) is 0 Å². The lowest BCUT2D eigenvalue weighted by Gasteiger charge is -2.61. The molecule has 0 aromatic rings. The molecule has 0 heterocycles. The molecule has 0 aliphatic heterocycles. The van der Waals surface area contributed by atoms with Gasteiger partial charge in [-0.15, -0.1) is 0 Å². The molecule has 0 unspecified atom stereocenters. The van der Waals surface area contributed by atoms with E-state index >= 15 is 0 Å². The molecule has 0 fully saturated rings. The maximum Gasteiger partial charge on any atom is 0.234 e. The van der Waals surface area contributed by atoms with Crippen LogP contribution in [-0.4, -0.2) is 67.7 Å². The minimum atomic E-state index is -2.19. The van der Waals surface area contributed by atoms with Gasteiger partial charge in [-0.3, -0.25) is 0 Å². The number of nitrogens with zero attached hydrogens (tertiary/aromatic N) is 1. The van der Waals surface area contributed by atoms with E-state index in [2.05, 4.69) is 103 Å². The first-order chi connectivity index (χ1) is 13.4. The largest absolute Gasteiger partial charge is 0.458 e. The Bertz CT molecular complexity index is 574. The van der Waals surface area contributed by atoms with Crippen LogP contribution in [0.4, 0.5) is 0 Å². The maximum absolute atomic E-state index is 10.8. The van der Waals surface area contributed by atoms with Crippen molar-refractivity contribution in [3.63, 3.8) is 0 Å². The fourth-order valence-electron chi connectivity index (χ4n) is 6.10. The van der Waals surface area contributed by atoms with Gasteiger partial charge in [0.25, 0.3) is 0 Å². The summed E-state index contributed by atoms with van der Waals surface area (Å²) in [6.07, 6.45) is 2.64. The summed E-state index contributed by atoms with van der Waals surface area (Å²) in [5.74, 6) is 0. The monoisotopic (exact) mass is 553 g/mol. The third-order valence-corrected chi connectivity index (χ3v) is 82.4. The zero-order valence-electron chi connectivity index (χ0n) is 23.2. The van der Waals surface area contributed by atoms with Crippen LogP contribution in [0.1, 0.15) is 6.42 Å². The van der Waals surface area contributed by atoms with Crippen molar-refractivity contribution in [3.05, 3.63) is 0 Å². The molecule has 0 aromatic heterocycles. The van der Waals surface area contributed by atoms with Crippen LogP contribution in [0.25, 0.3) is 0 Å². The van der Waals surface area contributed by atoms with E-state index in [0.29, 0.717) is 6.54 Å². The summed E-state index contributed by atoms with van der Waals surface area (Å²) in [7, 11) is -11.8. The topological polar surface area (TPSA) is 57.1 Å². The first-order valence-corrected chi connectivity index (χ1v) is 35.7. The van der Waals surface area contributed by atoms with Crippen LogP contribution in [0.5, 0.6) is 0 Å². The summed E-state index contributed by atoms with van der Waals surface area (Å²) < 4.78 is 21.7. The first kappa shape index (κ1) is 31.8. The first-order valence-electron chi connectivity index (χ1n) is 11.6. The van der Waals surface area contributed by atoms with Gasteiger partial charge in [-0.2, -0.15) is 0 Å². The van der Waals surface area contributed by atoms with Crippen molar-refractivity contribution in [3.8, 4) is 0 Å². The Morgan fingerprint density at radius 2 is 0.871 bits per heavy atom. The molecule has 0 aliphatic carbocycles. The van der Waals surface area contributed by atoms with E-state index in [1.807, 2.05) is 0 Å². The third-order valence-electron chi connectivity index (χ3n) is 5.65. The Morgan fingerprint density at radius 3 is 1.10 bits per heavy atom. The molecule has 0 N–H and O–H groups in total. The highest BCUT2D eigenvalue weighted by Gasteiger charge is 2.71. The van der Waals surface area contributed by atoms with Gasteiger partial charge in [0.2, 0.25) is 6.08 Å². The van der Waals surface area contributed by atoms with Gasteiger partial charge in [0, 0.05) is 0 Å². The van der Waals surface area contributed by atoms with E-state index in [4.69, 9.17) is 12.3 Å². The second-order valence-electron chi connectivity index (χ2n) is 13.2. The van der Waals surface area contributed by atoms with E-state index in [0.717, 1.165) is 12.5 Å². The van der Waals surface area contributed by atoms with Gasteiger partial charge >= 0.3 is 0 Å². The summed E-state index contributed by atoms with van der Waals surface area (Å²) in [6.45, 7) is 34.1. The molecule has 0 spiro atoms. The van der Waals surface area contributed by atoms with Crippen LogP contribution in [0.3, 0.4) is 0 Å². The average Bonchev–Trinajstić information content (AvgIpc) is 2.37. The standard InChI is InChI=1S/C19H51NO4Si7/c1-25(2,3)22-28(10,11)31(18-16-17-20-19-21,29(12,13)23-26(4,5)6)30(14,15)24-27(7,8)9/h16-18H2,1-15H3. The summed E-state index contributed by atoms with van der Waals surface area (Å²) in [4.78, 5) is 14.7. The number of isocyanates is 1. The Kier molecular flexibility index (Phi) is 10.9. The van der Waals surface area contributed by atoms with E-state index in [1.165, 1.54) is 0 Å². The van der Waals surface area contributed by atoms with Crippen molar-refractivity contribution in [1.29, 1.82) is 0 Å². The predicted octanol–water partition coefficient (Wildman–Crippen LogP) is 6.57. The smallest absolute Gasteiger partial charge is 0.234 e. The number of aliphatic imine (C=N–C) groups is 1. The third kappa shape index (κ3) is 9.15. The fourth-order valence-corrected chi connectivity index (χ4v) is 114. The average molecular weight is 554 g/mol. The predicted molar refractivity (Wildman–Crippen MR) is 154 cm³/mol. The lowest BCUT2D eigenvalue weighted by molar-refractivity contribution is 0.549. The molecule has 0 saturated carbocycles. The summed E-state index contributed by atoms with van der Waals surface area (Å²) >= 11 is 0. The van der Waals surface area contributed by atoms with Crippen molar-refractivity contribution < 1.29 is 17.1 Å². The molecule has 12 heteroatoms. The number of hydrogen-bond acceptors (Lipinski definition) is 5. The van der Waals surface area contributed by atoms with Crippen LogP contribution >= 0.6 is 0 Å². The fraction of sp³-hybridized carbons (Fsp3) is 0.947. The second-order valence-corrected chi connectivity index (χ2v) is 62.7. The van der Waals surface area contributed by atoms with E-state index < -0.39 is 55.1 Å². The minimum Gasteiger partial charge on any atom is -0.458 e. The van der Waals surface area contributed by atoms with Crippen LogP contribution in [-0.2, 0) is 17.1 Å². The van der Waals surface area contributed by atoms with E-state index in [1.54, 1.807) is 6.08 Å². The zero-order valence-corrected chi connectivity index (χ0v) is 30.2. The molecule has 31 heavy (non-hydrogen) atoms. The molecule has 5 nitrogen and oxygen atoms in total. The molecule has 0 aliphatic rings. The Morgan fingerprint density at radius 1 is 0.581 bits per heavy atom. The molecule has 184 valence electrons. The van der Waals surface area contributed by atoms with Crippen molar-refractivity contribution in [2.24, 2.45) is 4.99 Å². The number of carbonyl (C=O) groups excluding carboxylic acids is 1. The molecule has 0 radical (unpaired) electrons. The Balaban J connectivity index is 7.05. The summed E-state index contributed by atoms with van der Waals surface area (Å²) in [5, 5.41) is 0. The molecule has 0 aromatic carbocycles. The number of rotatable bonds is 13. The lowest BCUT2D eigenvalue weighted by atomic mass is 10.5. The van der Waals surface area contributed by atoms with E-state index in [9.17, 15) is 4.79 Å². The normalized spacial score (nSPS) is 15.1. The van der Waals surface area contributed by atoms with Crippen LogP contribution < -0.4 is 0 Å². The van der Waals surface area contributed by atoms with Crippen LogP contribution in [0.15, 0.2) is 4.99 Å². The quantitative estimate of drug-likeness (QED) is 0.112. The summed E-state index contributed by atoms with van der Waals surface area (Å²) in [6, 6.07) is 1.09. The highest BCUT2D eigenvalue weighted by molar-refractivity contribution is 7.88. The van der Waals surface area contributed by atoms with Crippen molar-refractivity contribution in [1.82, 2.24) is 0 Å². The summed E-state index contributed by atoms with van der Waals surface area (Å²) in [5.41, 5.74) is 0. The number of hydrogen-bond donors (Lipinski definition) is 0. The molecule has 0 bridgehead atoms. The Hall–Kier alpha value is 0.778. The molecule has 0 rings (SSSR count). The van der Waals surface area contributed by atoms with Gasteiger partial charge in [0.1, 0.15) is 6.63 Å². The molecule has 0 amide bonds. The minimum absolute atomic E-state index is 0.546. The molecular formula is C19H51NO4Si7. The lowest BCUT2D eigenvalue weighted by Crippen LogP contribution is -2.89. The van der Waals surface area contributed by atoms with Crippen molar-refractivity contribution >= 4 is 61.2 Å². The highest BCUT2D eigenvalue weighted by Crippen LogP contribution is 2.45. The van der Waals surface area contributed by atoms with Gasteiger partial charge in [-0.1, -0.05) is 6.04 Å². The SMILES string of the molecule is C[Si](C)(C)O[Si](C)(C)[Si](CCCN=C=O)([Si](C)(C)O[Si](C)(C)C)[Si](C)(C)O[Si](C)(C)C. The van der Waals surface area contributed by atoms with Gasteiger partial charge in [0.15, 0.2) is 48.5 Å². The maximum atomic E-state index is 10.8. The van der Waals surface area contributed by atoms with Gasteiger partial charge < -0.3 is 12.3 Å².